The van der Waals surface area contributed by atoms with Gasteiger partial charge in [0, 0.05) is 34.2 Å². The molecule has 4 heterocycles. The monoisotopic (exact) mass is 718 g/mol. The molecule has 0 spiro atoms. The minimum atomic E-state index is -1.06. The minimum Gasteiger partial charge on any atom is -0.507 e. The molecule has 0 saturated carbocycles. The van der Waals surface area contributed by atoms with Crippen LogP contribution in [0, 0.1) is 13.8 Å². The van der Waals surface area contributed by atoms with Crippen LogP contribution >= 0.6 is 0 Å². The molecule has 11 nitrogen and oxygen atoms in total. The molecule has 2 bridgehead atoms. The maximum atomic E-state index is 15.4. The molecule has 0 radical (unpaired) electrons. The fourth-order valence-electron chi connectivity index (χ4n) is 8.47. The highest BCUT2D eigenvalue weighted by atomic mass is 16.7. The van der Waals surface area contributed by atoms with E-state index in [0.29, 0.717) is 62.1 Å². The Labute approximate surface area is 308 Å². The van der Waals surface area contributed by atoms with Gasteiger partial charge in [-0.05, 0) is 32.0 Å². The maximum Gasteiger partial charge on any atom is 0.241 e. The molecule has 1 amide bonds. The number of methoxy groups -OCH3 is 1. The summed E-state index contributed by atoms with van der Waals surface area (Å²) in [5, 5.41) is 11.7. The van der Waals surface area contributed by atoms with Crippen molar-refractivity contribution < 1.29 is 43.1 Å². The lowest BCUT2D eigenvalue weighted by molar-refractivity contribution is -0.156. The van der Waals surface area contributed by atoms with Crippen LogP contribution in [0.1, 0.15) is 61.4 Å². The van der Waals surface area contributed by atoms with Crippen molar-refractivity contribution in [3.8, 4) is 34.5 Å². The van der Waals surface area contributed by atoms with Crippen LogP contribution in [0.2, 0.25) is 0 Å². The molecule has 1 N–H and O–H groups in total. The van der Waals surface area contributed by atoms with Gasteiger partial charge in [-0.15, -0.1) is 0 Å². The van der Waals surface area contributed by atoms with Gasteiger partial charge in [0.05, 0.1) is 44.0 Å². The number of amides is 1. The van der Waals surface area contributed by atoms with Gasteiger partial charge in [-0.1, -0.05) is 73.3 Å². The fraction of sp³-hybridized carbons (Fsp3) is 0.333. The van der Waals surface area contributed by atoms with Crippen LogP contribution in [0.15, 0.2) is 73.3 Å². The number of piperazine rings is 1. The van der Waals surface area contributed by atoms with E-state index in [1.165, 1.54) is 7.11 Å². The molecular weight excluding hydrogens is 676 g/mol. The van der Waals surface area contributed by atoms with Crippen molar-refractivity contribution in [2.75, 3.05) is 34.2 Å². The summed E-state index contributed by atoms with van der Waals surface area (Å²) in [7, 11) is 3.38. The molecule has 0 aliphatic carbocycles. The highest BCUT2D eigenvalue weighted by Crippen LogP contribution is 2.59. The number of phenols is 1. The zero-order valence-electron chi connectivity index (χ0n) is 30.2. The highest BCUT2D eigenvalue weighted by Gasteiger charge is 2.60. The van der Waals surface area contributed by atoms with Gasteiger partial charge in [-0.2, -0.15) is 0 Å². The number of ether oxygens (including phenoxy) is 6. The van der Waals surface area contributed by atoms with Crippen molar-refractivity contribution in [3.05, 3.63) is 118 Å². The first-order chi connectivity index (χ1) is 25.8. The summed E-state index contributed by atoms with van der Waals surface area (Å²) in [6.45, 7) is 8.09. The predicted octanol–water partition coefficient (Wildman–Crippen LogP) is 6.15. The third-order valence-corrected chi connectivity index (χ3v) is 10.9. The van der Waals surface area contributed by atoms with E-state index in [-0.39, 0.29) is 57.1 Å². The summed E-state index contributed by atoms with van der Waals surface area (Å²) in [5.41, 5.74) is 4.99. The second kappa shape index (κ2) is 13.8. The molecule has 11 heteroatoms. The number of carbonyl (C=O) groups is 2. The van der Waals surface area contributed by atoms with E-state index in [4.69, 9.17) is 28.4 Å². The molecule has 0 aromatic heterocycles. The summed E-state index contributed by atoms with van der Waals surface area (Å²) in [4.78, 5) is 34.0. The molecule has 8 rings (SSSR count). The third-order valence-electron chi connectivity index (χ3n) is 10.9. The molecule has 4 aromatic rings. The first-order valence-electron chi connectivity index (χ1n) is 17.7. The molecule has 1 fully saturated rings. The average molecular weight is 719 g/mol. The van der Waals surface area contributed by atoms with E-state index in [0.717, 1.165) is 11.1 Å². The molecular formula is C42H42N2O9. The molecule has 1 unspecified atom stereocenters. The Kier molecular flexibility index (Phi) is 9.00. The quantitative estimate of drug-likeness (QED) is 0.181. The molecule has 4 aliphatic rings. The van der Waals surface area contributed by atoms with E-state index < -0.39 is 24.2 Å². The van der Waals surface area contributed by atoms with Crippen molar-refractivity contribution in [2.45, 2.75) is 57.6 Å². The maximum absolute atomic E-state index is 15.4. The number of phenolic OH excluding ortho intramolecular Hbond substituents is 1. The van der Waals surface area contributed by atoms with Gasteiger partial charge in [0.2, 0.25) is 12.7 Å². The molecule has 274 valence electrons. The second-order valence-electron chi connectivity index (χ2n) is 13.8. The van der Waals surface area contributed by atoms with Gasteiger partial charge in [0.25, 0.3) is 0 Å². The van der Waals surface area contributed by atoms with E-state index in [1.807, 2.05) is 79.5 Å². The SMILES string of the molecule is C=CCOc1c(C)c2c(c3c1C(=O)C1[C@@H]4c5c(c(O)c(C)c(OC)c5OCc5ccccc5)C[C@H](C(=O)N1[C@H]3COCc1ccccc1)N4C)OCO2. The standard InChI is InChI=1S/C42H42N2O9/c1-6-17-50-37-24(3)39-41(53-22-52-39)31-29(21-49-19-25-13-9-7-10-14-25)44-34(36(46)32(31)37)33-30-27(18-28(42(44)47)43(33)4)35(45)23(2)38(48-5)40(30)51-20-26-15-11-8-12-16-26/h6-16,28-29,33-34,45H,1,17-22H2,2-5H3/t28-,29+,33+,34?/m1/s1. The number of aromatic hydroxyl groups is 1. The molecule has 1 saturated heterocycles. The van der Waals surface area contributed by atoms with Gasteiger partial charge in [0.15, 0.2) is 28.8 Å². The Morgan fingerprint density at radius 1 is 0.868 bits per heavy atom. The van der Waals surface area contributed by atoms with Gasteiger partial charge in [0.1, 0.15) is 30.8 Å². The second-order valence-corrected chi connectivity index (χ2v) is 13.8. The van der Waals surface area contributed by atoms with Gasteiger partial charge in [-0.25, -0.2) is 0 Å². The molecule has 4 aromatic carbocycles. The Morgan fingerprint density at radius 2 is 1.55 bits per heavy atom. The average Bonchev–Trinajstić information content (AvgIpc) is 3.67. The lowest BCUT2D eigenvalue weighted by Crippen LogP contribution is -2.68. The summed E-state index contributed by atoms with van der Waals surface area (Å²) in [6, 6.07) is 16.3. The Bertz CT molecular complexity index is 2100. The van der Waals surface area contributed by atoms with Crippen molar-refractivity contribution in [2.24, 2.45) is 0 Å². The normalized spacial score (nSPS) is 21.1. The largest absolute Gasteiger partial charge is 0.507 e. The Morgan fingerprint density at radius 3 is 2.23 bits per heavy atom. The van der Waals surface area contributed by atoms with E-state index in [9.17, 15) is 9.90 Å². The minimum absolute atomic E-state index is 0.0221. The van der Waals surface area contributed by atoms with Crippen LogP contribution in [0.25, 0.3) is 0 Å². The van der Waals surface area contributed by atoms with Crippen molar-refractivity contribution in [1.29, 1.82) is 0 Å². The van der Waals surface area contributed by atoms with E-state index in [1.54, 1.807) is 17.9 Å². The first kappa shape index (κ1) is 34.6. The van der Waals surface area contributed by atoms with E-state index >= 15 is 4.79 Å². The molecule has 4 aliphatic heterocycles. The topological polar surface area (TPSA) is 116 Å². The van der Waals surface area contributed by atoms with Crippen molar-refractivity contribution >= 4 is 11.7 Å². The Hall–Kier alpha value is -5.52. The van der Waals surface area contributed by atoms with Crippen LogP contribution in [-0.4, -0.2) is 72.8 Å². The van der Waals surface area contributed by atoms with Crippen LogP contribution in [0.5, 0.6) is 34.5 Å². The van der Waals surface area contributed by atoms with Crippen LogP contribution < -0.4 is 23.7 Å². The first-order valence-corrected chi connectivity index (χ1v) is 17.7. The Balaban J connectivity index is 1.33. The van der Waals surface area contributed by atoms with E-state index in [2.05, 4.69) is 6.58 Å². The number of hydrogen-bond acceptors (Lipinski definition) is 10. The van der Waals surface area contributed by atoms with Crippen LogP contribution in [-0.2, 0) is 29.2 Å². The van der Waals surface area contributed by atoms with Gasteiger partial charge < -0.3 is 38.4 Å². The number of ketones is 1. The lowest BCUT2D eigenvalue weighted by atomic mass is 9.72. The number of rotatable bonds is 11. The smallest absolute Gasteiger partial charge is 0.241 e. The number of likely N-dealkylation sites (N-methyl/N-ethyl adjacent to an activating group) is 1. The summed E-state index contributed by atoms with van der Waals surface area (Å²) in [6.07, 6.45) is 1.81. The van der Waals surface area contributed by atoms with Crippen LogP contribution in [0.3, 0.4) is 0 Å². The van der Waals surface area contributed by atoms with Crippen molar-refractivity contribution in [3.63, 3.8) is 0 Å². The number of carbonyl (C=O) groups excluding carboxylic acids is 2. The van der Waals surface area contributed by atoms with Gasteiger partial charge in [-0.3, -0.25) is 14.5 Å². The summed E-state index contributed by atoms with van der Waals surface area (Å²) in [5.74, 6) is 1.45. The summed E-state index contributed by atoms with van der Waals surface area (Å²) < 4.78 is 37.3. The number of hydrogen-bond donors (Lipinski definition) is 1. The zero-order valence-corrected chi connectivity index (χ0v) is 30.2. The molecule has 53 heavy (non-hydrogen) atoms. The van der Waals surface area contributed by atoms with Gasteiger partial charge >= 0.3 is 0 Å². The van der Waals surface area contributed by atoms with Crippen LogP contribution in [0.4, 0.5) is 0 Å². The zero-order chi connectivity index (χ0) is 37.0. The third kappa shape index (κ3) is 5.49. The number of nitrogens with zero attached hydrogens (tertiary/aromatic N) is 2. The number of benzene rings is 4. The predicted molar refractivity (Wildman–Crippen MR) is 195 cm³/mol. The van der Waals surface area contributed by atoms with Crippen molar-refractivity contribution in [1.82, 2.24) is 9.80 Å². The molecule has 4 atom stereocenters. The lowest BCUT2D eigenvalue weighted by Gasteiger charge is -2.56. The highest BCUT2D eigenvalue weighted by molar-refractivity contribution is 6.10. The number of fused-ring (bicyclic) bond motifs is 9. The summed E-state index contributed by atoms with van der Waals surface area (Å²) >= 11 is 0. The number of Topliss-reactive ketones (excluding diaryl/α,β-unsaturated/α-hetero) is 1. The fourth-order valence-corrected chi connectivity index (χ4v) is 8.47.